The molecule has 100 valence electrons. The summed E-state index contributed by atoms with van der Waals surface area (Å²) in [6, 6.07) is 9.97. The van der Waals surface area contributed by atoms with Gasteiger partial charge in [0.15, 0.2) is 0 Å². The Balaban J connectivity index is 1.96. The molecule has 0 amide bonds. The fourth-order valence-corrected chi connectivity index (χ4v) is 3.00. The van der Waals surface area contributed by atoms with Crippen LogP contribution < -0.4 is 5.73 Å². The molecule has 1 aliphatic rings. The largest absolute Gasteiger partial charge is 0.328 e. The van der Waals surface area contributed by atoms with Gasteiger partial charge >= 0.3 is 0 Å². The molecule has 0 radical (unpaired) electrons. The van der Waals surface area contributed by atoms with E-state index >= 15 is 0 Å². The Morgan fingerprint density at radius 3 is 2.33 bits per heavy atom. The second-order valence-electron chi connectivity index (χ2n) is 5.61. The summed E-state index contributed by atoms with van der Waals surface area (Å²) in [7, 11) is 2.26. The molecule has 1 fully saturated rings. The van der Waals surface area contributed by atoms with Crippen LogP contribution in [0.25, 0.3) is 0 Å². The van der Waals surface area contributed by atoms with E-state index in [0.29, 0.717) is 6.04 Å². The van der Waals surface area contributed by atoms with Gasteiger partial charge in [-0.25, -0.2) is 0 Å². The first-order valence-electron chi connectivity index (χ1n) is 7.23. The first-order valence-corrected chi connectivity index (χ1v) is 7.23. The van der Waals surface area contributed by atoms with Gasteiger partial charge in [0.1, 0.15) is 0 Å². The molecule has 0 heterocycles. The Morgan fingerprint density at radius 2 is 1.72 bits per heavy atom. The third-order valence-electron chi connectivity index (χ3n) is 4.28. The third-order valence-corrected chi connectivity index (χ3v) is 4.28. The summed E-state index contributed by atoms with van der Waals surface area (Å²) in [5.41, 5.74) is 8.94. The van der Waals surface area contributed by atoms with Gasteiger partial charge < -0.3 is 5.73 Å². The molecule has 1 aromatic rings. The summed E-state index contributed by atoms with van der Waals surface area (Å²) in [4.78, 5) is 2.51. The molecule has 1 saturated carbocycles. The molecule has 0 atom stereocenters. The van der Waals surface area contributed by atoms with Crippen molar-refractivity contribution in [1.82, 2.24) is 4.90 Å². The van der Waals surface area contributed by atoms with Gasteiger partial charge in [-0.3, -0.25) is 4.90 Å². The van der Waals surface area contributed by atoms with E-state index in [4.69, 9.17) is 5.73 Å². The first-order chi connectivity index (χ1) is 8.70. The third kappa shape index (κ3) is 3.33. The van der Waals surface area contributed by atoms with Gasteiger partial charge in [-0.1, -0.05) is 31.2 Å². The van der Waals surface area contributed by atoms with E-state index in [1.165, 1.54) is 36.8 Å². The molecular formula is C16H26N2. The molecule has 1 aliphatic carbocycles. The molecule has 0 saturated heterocycles. The summed E-state index contributed by atoms with van der Waals surface area (Å²) in [6.45, 7) is 3.31. The monoisotopic (exact) mass is 246 g/mol. The highest BCUT2D eigenvalue weighted by atomic mass is 15.1. The predicted molar refractivity (Wildman–Crippen MR) is 77.5 cm³/mol. The normalized spacial score (nSPS) is 24.4. The summed E-state index contributed by atoms with van der Waals surface area (Å²) in [6.07, 6.45) is 6.01. The summed E-state index contributed by atoms with van der Waals surface area (Å²) in [5, 5.41) is 0. The molecule has 2 nitrogen and oxygen atoms in total. The lowest BCUT2D eigenvalue weighted by atomic mass is 9.90. The van der Waals surface area contributed by atoms with Crippen LogP contribution in [0.1, 0.15) is 43.7 Å². The Morgan fingerprint density at radius 1 is 1.11 bits per heavy atom. The van der Waals surface area contributed by atoms with E-state index < -0.39 is 0 Å². The van der Waals surface area contributed by atoms with Crippen LogP contribution in [-0.2, 0) is 13.0 Å². The van der Waals surface area contributed by atoms with E-state index in [-0.39, 0.29) is 0 Å². The maximum absolute atomic E-state index is 5.98. The molecular weight excluding hydrogens is 220 g/mol. The van der Waals surface area contributed by atoms with Crippen molar-refractivity contribution in [3.8, 4) is 0 Å². The van der Waals surface area contributed by atoms with Gasteiger partial charge in [-0.2, -0.15) is 0 Å². The van der Waals surface area contributed by atoms with Gasteiger partial charge in [0.25, 0.3) is 0 Å². The number of hydrogen-bond donors (Lipinski definition) is 1. The number of nitrogens with zero attached hydrogens (tertiary/aromatic N) is 1. The maximum atomic E-state index is 5.98. The van der Waals surface area contributed by atoms with Gasteiger partial charge in [0.05, 0.1) is 0 Å². The first kappa shape index (κ1) is 13.6. The van der Waals surface area contributed by atoms with Crippen LogP contribution in [0, 0.1) is 0 Å². The number of benzene rings is 1. The smallest absolute Gasteiger partial charge is 0.0236 e. The number of hydrogen-bond acceptors (Lipinski definition) is 2. The molecule has 2 rings (SSSR count). The van der Waals surface area contributed by atoms with Crippen molar-refractivity contribution in [3.05, 3.63) is 35.4 Å². The van der Waals surface area contributed by atoms with Crippen molar-refractivity contribution in [2.45, 2.75) is 57.7 Å². The fraction of sp³-hybridized carbons (Fsp3) is 0.625. The molecule has 18 heavy (non-hydrogen) atoms. The Bertz CT molecular complexity index is 367. The van der Waals surface area contributed by atoms with Crippen LogP contribution in [0.2, 0.25) is 0 Å². The lowest BCUT2D eigenvalue weighted by Crippen LogP contribution is -2.38. The highest BCUT2D eigenvalue weighted by Crippen LogP contribution is 2.23. The molecule has 0 aromatic heterocycles. The molecule has 1 aromatic carbocycles. The predicted octanol–water partition coefficient (Wildman–Crippen LogP) is 2.95. The molecule has 0 bridgehead atoms. The average molecular weight is 246 g/mol. The second kappa shape index (κ2) is 6.35. The second-order valence-corrected chi connectivity index (χ2v) is 5.61. The fourth-order valence-electron chi connectivity index (χ4n) is 3.00. The maximum Gasteiger partial charge on any atom is 0.0236 e. The van der Waals surface area contributed by atoms with Crippen LogP contribution >= 0.6 is 0 Å². The van der Waals surface area contributed by atoms with E-state index in [0.717, 1.165) is 19.0 Å². The highest BCUT2D eigenvalue weighted by molar-refractivity contribution is 5.26. The summed E-state index contributed by atoms with van der Waals surface area (Å²) < 4.78 is 0. The van der Waals surface area contributed by atoms with Crippen molar-refractivity contribution >= 4 is 0 Å². The van der Waals surface area contributed by atoms with Crippen molar-refractivity contribution in [1.29, 1.82) is 0 Å². The molecule has 0 unspecified atom stereocenters. The Kier molecular flexibility index (Phi) is 4.79. The standard InChI is InChI=1S/C16H26N2/c1-3-13-6-4-5-7-14(13)12-18(2)16-10-8-15(17)9-11-16/h4-7,15-16H,3,8-12,17H2,1-2H3. The molecule has 0 spiro atoms. The van der Waals surface area contributed by atoms with Crippen LogP contribution in [0.4, 0.5) is 0 Å². The minimum atomic E-state index is 0.442. The SMILES string of the molecule is CCc1ccccc1CN(C)C1CCC(N)CC1. The minimum absolute atomic E-state index is 0.442. The summed E-state index contributed by atoms with van der Waals surface area (Å²) in [5.74, 6) is 0. The van der Waals surface area contributed by atoms with Crippen molar-refractivity contribution in [2.75, 3.05) is 7.05 Å². The minimum Gasteiger partial charge on any atom is -0.328 e. The Labute approximate surface area is 111 Å². The molecule has 0 aliphatic heterocycles. The lowest BCUT2D eigenvalue weighted by molar-refractivity contribution is 0.176. The van der Waals surface area contributed by atoms with Crippen LogP contribution in [-0.4, -0.2) is 24.0 Å². The molecule has 2 heteroatoms. The number of aryl methyl sites for hydroxylation is 1. The van der Waals surface area contributed by atoms with Crippen LogP contribution in [0.15, 0.2) is 24.3 Å². The highest BCUT2D eigenvalue weighted by Gasteiger charge is 2.22. The van der Waals surface area contributed by atoms with Gasteiger partial charge in [0.2, 0.25) is 0 Å². The number of rotatable bonds is 4. The van der Waals surface area contributed by atoms with E-state index in [2.05, 4.69) is 43.1 Å². The van der Waals surface area contributed by atoms with Crippen molar-refractivity contribution in [3.63, 3.8) is 0 Å². The Hall–Kier alpha value is -0.860. The summed E-state index contributed by atoms with van der Waals surface area (Å²) >= 11 is 0. The van der Waals surface area contributed by atoms with Crippen molar-refractivity contribution in [2.24, 2.45) is 5.73 Å². The zero-order chi connectivity index (χ0) is 13.0. The van der Waals surface area contributed by atoms with E-state index in [1.807, 2.05) is 0 Å². The van der Waals surface area contributed by atoms with Gasteiger partial charge in [-0.05, 0) is 50.3 Å². The zero-order valence-corrected chi connectivity index (χ0v) is 11.7. The number of nitrogens with two attached hydrogens (primary N) is 1. The quantitative estimate of drug-likeness (QED) is 0.885. The molecule has 2 N–H and O–H groups in total. The van der Waals surface area contributed by atoms with Crippen molar-refractivity contribution < 1.29 is 0 Å². The van der Waals surface area contributed by atoms with Crippen LogP contribution in [0.3, 0.4) is 0 Å². The van der Waals surface area contributed by atoms with E-state index in [1.54, 1.807) is 0 Å². The zero-order valence-electron chi connectivity index (χ0n) is 11.7. The average Bonchev–Trinajstić information content (AvgIpc) is 2.40. The van der Waals surface area contributed by atoms with Crippen LogP contribution in [0.5, 0.6) is 0 Å². The topological polar surface area (TPSA) is 29.3 Å². The van der Waals surface area contributed by atoms with Gasteiger partial charge in [-0.15, -0.1) is 0 Å². The lowest BCUT2D eigenvalue weighted by Gasteiger charge is -2.33. The van der Waals surface area contributed by atoms with Gasteiger partial charge in [0, 0.05) is 18.6 Å². The van der Waals surface area contributed by atoms with E-state index in [9.17, 15) is 0 Å².